The van der Waals surface area contributed by atoms with Gasteiger partial charge < -0.3 is 15.2 Å². The first-order valence-electron chi connectivity index (χ1n) is 6.08. The fraction of sp³-hybridized carbons (Fsp3) is 0.214. The van der Waals surface area contributed by atoms with Crippen molar-refractivity contribution in [3.05, 3.63) is 46.6 Å². The van der Waals surface area contributed by atoms with Crippen LogP contribution in [0.15, 0.2) is 35.5 Å². The smallest absolute Gasteiger partial charge is 0.189 e. The Morgan fingerprint density at radius 3 is 3.05 bits per heavy atom. The van der Waals surface area contributed by atoms with Crippen LogP contribution < -0.4 is 10.5 Å². The number of nitrogens with zero attached hydrogens (tertiary/aromatic N) is 1. The van der Waals surface area contributed by atoms with Gasteiger partial charge in [-0.05, 0) is 24.3 Å². The number of benzene rings is 1. The third-order valence-corrected chi connectivity index (χ3v) is 4.10. The van der Waals surface area contributed by atoms with Gasteiger partial charge in [0.15, 0.2) is 6.79 Å². The first kappa shape index (κ1) is 13.5. The summed E-state index contributed by atoms with van der Waals surface area (Å²) in [6.07, 6.45) is 1.65. The molecule has 0 bridgehead atoms. The van der Waals surface area contributed by atoms with Gasteiger partial charge in [-0.1, -0.05) is 11.6 Å². The highest BCUT2D eigenvalue weighted by molar-refractivity contribution is 7.98. The van der Waals surface area contributed by atoms with E-state index in [0.717, 1.165) is 27.7 Å². The maximum absolute atomic E-state index is 6.13. The molecular formula is C14H13ClN2O2S. The topological polar surface area (TPSA) is 57.4 Å². The van der Waals surface area contributed by atoms with Crippen molar-refractivity contribution in [2.24, 2.45) is 0 Å². The zero-order valence-electron chi connectivity index (χ0n) is 10.6. The highest BCUT2D eigenvalue weighted by Gasteiger charge is 2.16. The van der Waals surface area contributed by atoms with E-state index in [-0.39, 0.29) is 6.79 Å². The molecule has 20 heavy (non-hydrogen) atoms. The number of hydrogen-bond donors (Lipinski definition) is 1. The molecule has 0 spiro atoms. The van der Waals surface area contributed by atoms with Crippen LogP contribution in [0.2, 0.25) is 5.02 Å². The largest absolute Gasteiger partial charge is 0.467 e. The first-order chi connectivity index (χ1) is 9.72. The molecule has 104 valence electrons. The predicted molar refractivity (Wildman–Crippen MR) is 79.9 cm³/mol. The van der Waals surface area contributed by atoms with Crippen molar-refractivity contribution >= 4 is 29.1 Å². The molecule has 1 aliphatic heterocycles. The van der Waals surface area contributed by atoms with E-state index in [0.29, 0.717) is 17.3 Å². The van der Waals surface area contributed by atoms with Gasteiger partial charge in [0.2, 0.25) is 0 Å². The molecule has 0 atom stereocenters. The molecule has 1 aliphatic rings. The first-order valence-corrected chi connectivity index (χ1v) is 7.45. The van der Waals surface area contributed by atoms with Gasteiger partial charge in [-0.25, -0.2) is 4.98 Å². The summed E-state index contributed by atoms with van der Waals surface area (Å²) in [4.78, 5) is 4.27. The third kappa shape index (κ3) is 3.00. The van der Waals surface area contributed by atoms with Gasteiger partial charge in [-0.2, -0.15) is 0 Å². The number of hydrogen-bond acceptors (Lipinski definition) is 5. The predicted octanol–water partition coefficient (Wildman–Crippen LogP) is 3.48. The Labute approximate surface area is 126 Å². The molecule has 0 aliphatic carbocycles. The Bertz CT molecular complexity index is 619. The summed E-state index contributed by atoms with van der Waals surface area (Å²) in [5, 5.41) is 1.61. The van der Waals surface area contributed by atoms with Crippen molar-refractivity contribution in [1.29, 1.82) is 0 Å². The van der Waals surface area contributed by atoms with Crippen molar-refractivity contribution in [2.75, 3.05) is 12.5 Å². The molecule has 0 saturated carbocycles. The Balaban J connectivity index is 1.80. The number of thioether (sulfide) groups is 1. The number of ether oxygens (including phenoxy) is 2. The molecule has 0 unspecified atom stereocenters. The van der Waals surface area contributed by atoms with Crippen molar-refractivity contribution < 1.29 is 9.47 Å². The number of halogens is 1. The third-order valence-electron chi connectivity index (χ3n) is 2.89. The fourth-order valence-corrected chi connectivity index (χ4v) is 3.07. The molecule has 0 amide bonds. The van der Waals surface area contributed by atoms with Crippen molar-refractivity contribution in [2.45, 2.75) is 17.4 Å². The minimum atomic E-state index is 0.284. The van der Waals surface area contributed by atoms with E-state index < -0.39 is 0 Å². The monoisotopic (exact) mass is 308 g/mol. The average molecular weight is 309 g/mol. The zero-order chi connectivity index (χ0) is 13.9. The van der Waals surface area contributed by atoms with Crippen LogP contribution >= 0.6 is 23.4 Å². The molecule has 0 fully saturated rings. The molecule has 0 radical (unpaired) electrons. The molecule has 3 rings (SSSR count). The maximum atomic E-state index is 6.13. The van der Waals surface area contributed by atoms with Crippen LogP contribution in [-0.2, 0) is 17.1 Å². The summed E-state index contributed by atoms with van der Waals surface area (Å²) in [6.45, 7) is 0.820. The molecule has 6 heteroatoms. The molecule has 0 saturated heterocycles. The Morgan fingerprint density at radius 2 is 2.25 bits per heavy atom. The van der Waals surface area contributed by atoms with Crippen molar-refractivity contribution in [3.63, 3.8) is 0 Å². The average Bonchev–Trinajstić information content (AvgIpc) is 2.46. The lowest BCUT2D eigenvalue weighted by molar-refractivity contribution is -0.0168. The quantitative estimate of drug-likeness (QED) is 0.880. The Hall–Kier alpha value is -1.43. The fourth-order valence-electron chi connectivity index (χ4n) is 1.99. The molecule has 2 heterocycles. The van der Waals surface area contributed by atoms with Crippen LogP contribution in [0.4, 0.5) is 5.69 Å². The van der Waals surface area contributed by atoms with E-state index in [4.69, 9.17) is 26.8 Å². The van der Waals surface area contributed by atoms with Crippen LogP contribution in [0.1, 0.15) is 11.1 Å². The lowest BCUT2D eigenvalue weighted by atomic mass is 10.1. The van der Waals surface area contributed by atoms with Crippen molar-refractivity contribution in [3.8, 4) is 5.75 Å². The van der Waals surface area contributed by atoms with Gasteiger partial charge in [-0.15, -0.1) is 11.8 Å². The molecule has 1 aromatic carbocycles. The van der Waals surface area contributed by atoms with Gasteiger partial charge >= 0.3 is 0 Å². The SMILES string of the molecule is Nc1ccc(SCc2cc(Cl)cc3c2OCOC3)nc1. The van der Waals surface area contributed by atoms with Crippen molar-refractivity contribution in [1.82, 2.24) is 4.98 Å². The zero-order valence-corrected chi connectivity index (χ0v) is 12.2. The van der Waals surface area contributed by atoms with Crippen LogP contribution in [0, 0.1) is 0 Å². The van der Waals surface area contributed by atoms with Crippen LogP contribution in [0.3, 0.4) is 0 Å². The van der Waals surface area contributed by atoms with Crippen LogP contribution in [0.5, 0.6) is 5.75 Å². The van der Waals surface area contributed by atoms with E-state index >= 15 is 0 Å². The highest BCUT2D eigenvalue weighted by atomic mass is 35.5. The summed E-state index contributed by atoms with van der Waals surface area (Å²) in [7, 11) is 0. The number of anilines is 1. The van der Waals surface area contributed by atoms with E-state index in [1.807, 2.05) is 24.3 Å². The molecule has 2 aromatic rings. The Morgan fingerprint density at radius 1 is 1.35 bits per heavy atom. The van der Waals surface area contributed by atoms with E-state index in [1.165, 1.54) is 0 Å². The van der Waals surface area contributed by atoms with E-state index in [2.05, 4.69) is 4.98 Å². The standard InChI is InChI=1S/C14H13ClN2O2S/c15-11-3-9-6-18-8-19-14(9)10(4-11)7-20-13-2-1-12(16)5-17-13/h1-5H,6-8,16H2. The summed E-state index contributed by atoms with van der Waals surface area (Å²) >= 11 is 7.75. The number of nitrogen functional groups attached to an aromatic ring is 1. The van der Waals surface area contributed by atoms with Gasteiger partial charge in [-0.3, -0.25) is 0 Å². The van der Waals surface area contributed by atoms with Gasteiger partial charge in [0.05, 0.1) is 23.5 Å². The summed E-state index contributed by atoms with van der Waals surface area (Å²) in [5.41, 5.74) is 8.33. The maximum Gasteiger partial charge on any atom is 0.189 e. The molecule has 4 nitrogen and oxygen atoms in total. The second-order valence-electron chi connectivity index (χ2n) is 4.38. The second kappa shape index (κ2) is 5.91. The van der Waals surface area contributed by atoms with Gasteiger partial charge in [0.25, 0.3) is 0 Å². The summed E-state index contributed by atoms with van der Waals surface area (Å²) in [6, 6.07) is 7.55. The normalized spacial score (nSPS) is 13.7. The number of pyridine rings is 1. The number of fused-ring (bicyclic) bond motifs is 1. The number of rotatable bonds is 3. The van der Waals surface area contributed by atoms with E-state index in [1.54, 1.807) is 18.0 Å². The van der Waals surface area contributed by atoms with Crippen LogP contribution in [0.25, 0.3) is 0 Å². The molecule has 2 N–H and O–H groups in total. The Kier molecular flexibility index (Phi) is 4.00. The second-order valence-corrected chi connectivity index (χ2v) is 5.81. The summed E-state index contributed by atoms with van der Waals surface area (Å²) < 4.78 is 10.9. The minimum absolute atomic E-state index is 0.284. The lowest BCUT2D eigenvalue weighted by Gasteiger charge is -2.21. The molecular weight excluding hydrogens is 296 g/mol. The molecule has 1 aromatic heterocycles. The summed E-state index contributed by atoms with van der Waals surface area (Å²) in [5.74, 6) is 1.61. The van der Waals surface area contributed by atoms with Gasteiger partial charge in [0, 0.05) is 21.9 Å². The van der Waals surface area contributed by atoms with Crippen LogP contribution in [-0.4, -0.2) is 11.8 Å². The highest BCUT2D eigenvalue weighted by Crippen LogP contribution is 2.35. The minimum Gasteiger partial charge on any atom is -0.467 e. The number of aromatic nitrogens is 1. The van der Waals surface area contributed by atoms with Gasteiger partial charge in [0.1, 0.15) is 5.75 Å². The lowest BCUT2D eigenvalue weighted by Crippen LogP contribution is -2.12. The number of nitrogens with two attached hydrogens (primary N) is 1. The van der Waals surface area contributed by atoms with E-state index in [9.17, 15) is 0 Å².